The third-order valence-electron chi connectivity index (χ3n) is 2.45. The average Bonchev–Trinajstić information content (AvgIpc) is 2.33. The number of hydrogen-bond acceptors (Lipinski definition) is 4. The van der Waals surface area contributed by atoms with E-state index >= 15 is 0 Å². The number of aromatic nitrogens is 1. The van der Waals surface area contributed by atoms with E-state index in [-0.39, 0.29) is 5.91 Å². The summed E-state index contributed by atoms with van der Waals surface area (Å²) in [5.74, 6) is 0.444. The highest BCUT2D eigenvalue weighted by Crippen LogP contribution is 2.14. The number of aryl methyl sites for hydroxylation is 1. The first kappa shape index (κ1) is 14.6. The lowest BCUT2D eigenvalue weighted by atomic mass is 10.2. The number of carbonyl (C=O) groups is 1. The Kier molecular flexibility index (Phi) is 5.77. The minimum Gasteiger partial charge on any atom is -0.387 e. The van der Waals surface area contributed by atoms with Crippen molar-refractivity contribution in [2.75, 3.05) is 30.9 Å². The van der Waals surface area contributed by atoms with Crippen LogP contribution in [-0.4, -0.2) is 40.7 Å². The Morgan fingerprint density at radius 3 is 2.83 bits per heavy atom. The summed E-state index contributed by atoms with van der Waals surface area (Å²) in [6.07, 6.45) is 3.93. The molecule has 0 saturated heterocycles. The van der Waals surface area contributed by atoms with Crippen molar-refractivity contribution in [2.45, 2.75) is 13.3 Å². The molecule has 1 aromatic heterocycles. The highest BCUT2D eigenvalue weighted by Gasteiger charge is 2.10. The van der Waals surface area contributed by atoms with Crippen LogP contribution in [0.4, 0.5) is 5.69 Å². The Balaban J connectivity index is 2.58. The summed E-state index contributed by atoms with van der Waals surface area (Å²) in [5.41, 5.74) is 2.15. The Morgan fingerprint density at radius 2 is 2.22 bits per heavy atom. The van der Waals surface area contributed by atoms with Gasteiger partial charge in [-0.3, -0.25) is 14.0 Å². The first-order valence-corrected chi connectivity index (χ1v) is 7.50. The fraction of sp³-hybridized carbons (Fsp3) is 0.500. The van der Waals surface area contributed by atoms with E-state index in [1.165, 1.54) is 0 Å². The highest BCUT2D eigenvalue weighted by atomic mass is 32.2. The molecule has 6 heteroatoms. The molecule has 0 bridgehead atoms. The van der Waals surface area contributed by atoms with Gasteiger partial charge in [0.2, 0.25) is 0 Å². The van der Waals surface area contributed by atoms with Gasteiger partial charge >= 0.3 is 0 Å². The largest absolute Gasteiger partial charge is 0.387 e. The van der Waals surface area contributed by atoms with Gasteiger partial charge in [-0.1, -0.05) is 0 Å². The van der Waals surface area contributed by atoms with E-state index in [1.807, 2.05) is 13.0 Å². The summed E-state index contributed by atoms with van der Waals surface area (Å²) in [6, 6.07) is 1.83. The van der Waals surface area contributed by atoms with Crippen LogP contribution in [0.5, 0.6) is 0 Å². The van der Waals surface area contributed by atoms with Crippen LogP contribution in [-0.2, 0) is 10.8 Å². The molecule has 0 aliphatic carbocycles. The number of rotatable bonds is 6. The lowest BCUT2D eigenvalue weighted by Crippen LogP contribution is -2.26. The van der Waals surface area contributed by atoms with E-state index in [0.717, 1.165) is 11.4 Å². The molecule has 1 heterocycles. The van der Waals surface area contributed by atoms with Gasteiger partial charge in [0.15, 0.2) is 0 Å². The molecule has 1 atom stereocenters. The molecular formula is C12H19N3O2S. The minimum atomic E-state index is -0.810. The quantitative estimate of drug-likeness (QED) is 0.754. The summed E-state index contributed by atoms with van der Waals surface area (Å²) >= 11 is 0. The van der Waals surface area contributed by atoms with Crippen LogP contribution in [0.1, 0.15) is 22.5 Å². The zero-order valence-corrected chi connectivity index (χ0v) is 11.8. The van der Waals surface area contributed by atoms with Crippen LogP contribution in [0.2, 0.25) is 0 Å². The van der Waals surface area contributed by atoms with Gasteiger partial charge in [-0.05, 0) is 19.4 Å². The van der Waals surface area contributed by atoms with Gasteiger partial charge in [0.1, 0.15) is 0 Å². The molecule has 0 radical (unpaired) electrons. The molecular weight excluding hydrogens is 250 g/mol. The number of pyridine rings is 1. The Labute approximate surface area is 110 Å². The zero-order valence-electron chi connectivity index (χ0n) is 10.9. The first-order valence-electron chi connectivity index (χ1n) is 5.77. The Morgan fingerprint density at radius 1 is 1.50 bits per heavy atom. The second kappa shape index (κ2) is 7.10. The van der Waals surface area contributed by atoms with E-state index < -0.39 is 10.8 Å². The summed E-state index contributed by atoms with van der Waals surface area (Å²) in [4.78, 5) is 16.0. The van der Waals surface area contributed by atoms with Crippen LogP contribution < -0.4 is 10.6 Å². The molecule has 1 aromatic rings. The summed E-state index contributed by atoms with van der Waals surface area (Å²) in [5, 5.41) is 5.77. The van der Waals surface area contributed by atoms with Crippen molar-refractivity contribution in [3.05, 3.63) is 23.5 Å². The predicted octanol–water partition coefficient (Wildman–Crippen LogP) is 0.930. The maximum Gasteiger partial charge on any atom is 0.254 e. The maximum atomic E-state index is 11.9. The number of nitrogens with zero attached hydrogens (tertiary/aromatic N) is 1. The molecule has 1 amide bonds. The fourth-order valence-electron chi connectivity index (χ4n) is 1.52. The molecule has 0 aliphatic rings. The smallest absolute Gasteiger partial charge is 0.254 e. The minimum absolute atomic E-state index is 0.159. The molecule has 2 N–H and O–H groups in total. The monoisotopic (exact) mass is 269 g/mol. The molecule has 0 aromatic carbocycles. The Hall–Kier alpha value is -1.43. The van der Waals surface area contributed by atoms with Crippen LogP contribution in [0.25, 0.3) is 0 Å². The predicted molar refractivity (Wildman–Crippen MR) is 74.4 cm³/mol. The van der Waals surface area contributed by atoms with Crippen molar-refractivity contribution >= 4 is 22.4 Å². The molecule has 0 aliphatic heterocycles. The van der Waals surface area contributed by atoms with Gasteiger partial charge in [-0.15, -0.1) is 0 Å². The summed E-state index contributed by atoms with van der Waals surface area (Å²) in [6.45, 7) is 2.40. The van der Waals surface area contributed by atoms with Crippen LogP contribution in [0, 0.1) is 6.92 Å². The number of anilines is 1. The van der Waals surface area contributed by atoms with E-state index in [2.05, 4.69) is 15.6 Å². The van der Waals surface area contributed by atoms with Crippen LogP contribution in [0.3, 0.4) is 0 Å². The molecule has 5 nitrogen and oxygen atoms in total. The standard InChI is InChI=1S/C12H19N3O2S/c1-9-7-11(13-2)10(8-15-9)12(16)14-5-4-6-18(3)17/h7-8H,4-6H2,1-3H3,(H,13,15)(H,14,16). The van der Waals surface area contributed by atoms with E-state index in [0.29, 0.717) is 24.3 Å². The SMILES string of the molecule is CNc1cc(C)ncc1C(=O)NCCCS(C)=O. The van der Waals surface area contributed by atoms with E-state index in [9.17, 15) is 9.00 Å². The van der Waals surface area contributed by atoms with Crippen molar-refractivity contribution in [3.8, 4) is 0 Å². The van der Waals surface area contributed by atoms with Gasteiger partial charge in [-0.2, -0.15) is 0 Å². The van der Waals surface area contributed by atoms with Crippen molar-refractivity contribution in [2.24, 2.45) is 0 Å². The summed E-state index contributed by atoms with van der Waals surface area (Å²) < 4.78 is 10.9. The summed E-state index contributed by atoms with van der Waals surface area (Å²) in [7, 11) is 0.960. The third kappa shape index (κ3) is 4.44. The fourth-order valence-corrected chi connectivity index (χ4v) is 2.07. The lowest BCUT2D eigenvalue weighted by molar-refractivity contribution is 0.0954. The van der Waals surface area contributed by atoms with Gasteiger partial charge in [-0.25, -0.2) is 0 Å². The normalized spacial score (nSPS) is 11.9. The second-order valence-electron chi connectivity index (χ2n) is 4.01. The van der Waals surface area contributed by atoms with Gasteiger partial charge in [0.05, 0.1) is 11.3 Å². The van der Waals surface area contributed by atoms with Gasteiger partial charge in [0, 0.05) is 48.3 Å². The highest BCUT2D eigenvalue weighted by molar-refractivity contribution is 7.84. The number of carbonyl (C=O) groups excluding carboxylic acids is 1. The molecule has 1 rings (SSSR count). The Bertz CT molecular complexity index is 449. The molecule has 1 unspecified atom stereocenters. The molecule has 18 heavy (non-hydrogen) atoms. The second-order valence-corrected chi connectivity index (χ2v) is 5.56. The number of amides is 1. The average molecular weight is 269 g/mol. The molecule has 0 saturated carbocycles. The van der Waals surface area contributed by atoms with Crippen molar-refractivity contribution in [1.29, 1.82) is 0 Å². The molecule has 0 fully saturated rings. The van der Waals surface area contributed by atoms with Crippen LogP contribution >= 0.6 is 0 Å². The van der Waals surface area contributed by atoms with Gasteiger partial charge < -0.3 is 10.6 Å². The number of hydrogen-bond donors (Lipinski definition) is 2. The third-order valence-corrected chi connectivity index (χ3v) is 3.31. The zero-order chi connectivity index (χ0) is 13.5. The first-order chi connectivity index (χ1) is 8.54. The maximum absolute atomic E-state index is 11.9. The van der Waals surface area contributed by atoms with Crippen molar-refractivity contribution in [3.63, 3.8) is 0 Å². The number of nitrogens with one attached hydrogen (secondary N) is 2. The van der Waals surface area contributed by atoms with Gasteiger partial charge in [0.25, 0.3) is 5.91 Å². The van der Waals surface area contributed by atoms with Crippen molar-refractivity contribution < 1.29 is 9.00 Å². The van der Waals surface area contributed by atoms with Crippen LogP contribution in [0.15, 0.2) is 12.3 Å². The van der Waals surface area contributed by atoms with E-state index in [4.69, 9.17) is 0 Å². The molecule has 100 valence electrons. The topological polar surface area (TPSA) is 71.1 Å². The van der Waals surface area contributed by atoms with Crippen molar-refractivity contribution in [1.82, 2.24) is 10.3 Å². The van der Waals surface area contributed by atoms with E-state index in [1.54, 1.807) is 19.5 Å². The molecule has 0 spiro atoms. The lowest BCUT2D eigenvalue weighted by Gasteiger charge is -2.09.